The lowest BCUT2D eigenvalue weighted by molar-refractivity contribution is 0.102. The molecule has 1 saturated carbocycles. The van der Waals surface area contributed by atoms with Crippen LogP contribution in [-0.4, -0.2) is 20.3 Å². The molecule has 7 nitrogen and oxygen atoms in total. The summed E-state index contributed by atoms with van der Waals surface area (Å²) in [6.45, 7) is 0. The Kier molecular flexibility index (Phi) is 5.00. The van der Waals surface area contributed by atoms with Gasteiger partial charge in [0.15, 0.2) is 5.13 Å². The van der Waals surface area contributed by atoms with Crippen LogP contribution in [0, 0.1) is 0 Å². The molecule has 168 valence electrons. The van der Waals surface area contributed by atoms with Gasteiger partial charge in [-0.25, -0.2) is 9.97 Å². The van der Waals surface area contributed by atoms with Gasteiger partial charge in [0.05, 0.1) is 28.1 Å². The molecule has 1 aliphatic rings. The number of fused-ring (bicyclic) bond motifs is 1. The summed E-state index contributed by atoms with van der Waals surface area (Å²) in [6.07, 6.45) is 8.34. The van der Waals surface area contributed by atoms with Crippen LogP contribution < -0.4 is 16.4 Å². The Morgan fingerprint density at radius 2 is 1.82 bits per heavy atom. The molecule has 2 aromatic carbocycles. The van der Waals surface area contributed by atoms with E-state index in [4.69, 9.17) is 5.73 Å². The number of imidazole rings is 1. The molecule has 1 fully saturated rings. The third-order valence-electron chi connectivity index (χ3n) is 5.95. The number of benzene rings is 2. The van der Waals surface area contributed by atoms with Gasteiger partial charge in [-0.15, -0.1) is 0 Å². The van der Waals surface area contributed by atoms with Crippen molar-refractivity contribution in [2.24, 2.45) is 0 Å². The third kappa shape index (κ3) is 3.88. The maximum Gasteiger partial charge on any atom is 0.255 e. The second kappa shape index (κ2) is 8.31. The van der Waals surface area contributed by atoms with Crippen LogP contribution in [0.2, 0.25) is 0 Å². The average molecular weight is 467 g/mol. The number of aromatic nitrogens is 3. The maximum absolute atomic E-state index is 12.5. The van der Waals surface area contributed by atoms with Crippen molar-refractivity contribution in [1.82, 2.24) is 14.4 Å². The van der Waals surface area contributed by atoms with E-state index in [1.54, 1.807) is 35.6 Å². The fourth-order valence-electron chi connectivity index (χ4n) is 4.01. The molecule has 34 heavy (non-hydrogen) atoms. The second-order valence-electron chi connectivity index (χ2n) is 8.35. The Morgan fingerprint density at radius 3 is 2.62 bits per heavy atom. The number of nitrogen functional groups attached to an aromatic ring is 1. The maximum atomic E-state index is 12.5. The quantitative estimate of drug-likeness (QED) is 0.270. The van der Waals surface area contributed by atoms with E-state index in [1.807, 2.05) is 36.7 Å². The molecule has 4 N–H and O–H groups in total. The summed E-state index contributed by atoms with van der Waals surface area (Å²) in [6, 6.07) is 18.7. The molecule has 3 heterocycles. The zero-order valence-electron chi connectivity index (χ0n) is 18.2. The Hall–Kier alpha value is -4.17. The zero-order chi connectivity index (χ0) is 23.1. The van der Waals surface area contributed by atoms with E-state index in [-0.39, 0.29) is 5.91 Å². The third-order valence-corrected chi connectivity index (χ3v) is 6.88. The molecular formula is C26H22N6OS. The fourth-order valence-corrected chi connectivity index (χ4v) is 4.86. The number of thiazole rings is 1. The number of carbonyl (C=O) groups is 1. The number of carbonyl (C=O) groups excluding carboxylic acids is 1. The summed E-state index contributed by atoms with van der Waals surface area (Å²) in [5.41, 5.74) is 11.8. The molecule has 1 amide bonds. The number of rotatable bonds is 6. The number of anilines is 4. The van der Waals surface area contributed by atoms with E-state index < -0.39 is 0 Å². The number of hydrogen-bond acceptors (Lipinski definition) is 6. The molecule has 3 aromatic heterocycles. The van der Waals surface area contributed by atoms with Crippen LogP contribution in [-0.2, 0) is 0 Å². The van der Waals surface area contributed by atoms with Crippen molar-refractivity contribution in [3.63, 3.8) is 0 Å². The first-order valence-electron chi connectivity index (χ1n) is 11.1. The number of pyridine rings is 1. The van der Waals surface area contributed by atoms with Crippen molar-refractivity contribution in [1.29, 1.82) is 0 Å². The summed E-state index contributed by atoms with van der Waals surface area (Å²) in [7, 11) is 0. The highest BCUT2D eigenvalue weighted by Gasteiger charge is 2.26. The van der Waals surface area contributed by atoms with Crippen molar-refractivity contribution in [3.8, 4) is 10.6 Å². The molecule has 1 aliphatic carbocycles. The highest BCUT2D eigenvalue weighted by molar-refractivity contribution is 7.18. The highest BCUT2D eigenvalue weighted by atomic mass is 32.1. The first kappa shape index (κ1) is 20.4. The predicted octanol–water partition coefficient (Wildman–Crippen LogP) is 5.91. The van der Waals surface area contributed by atoms with Gasteiger partial charge in [-0.05, 0) is 66.8 Å². The number of nitrogens with two attached hydrogens (primary N) is 1. The molecule has 0 unspecified atom stereocenters. The van der Waals surface area contributed by atoms with Gasteiger partial charge in [0.1, 0.15) is 5.65 Å². The Morgan fingerprint density at radius 1 is 1.00 bits per heavy atom. The lowest BCUT2D eigenvalue weighted by Crippen LogP contribution is -2.13. The van der Waals surface area contributed by atoms with E-state index in [0.29, 0.717) is 22.9 Å². The van der Waals surface area contributed by atoms with Crippen LogP contribution in [0.15, 0.2) is 79.3 Å². The van der Waals surface area contributed by atoms with Gasteiger partial charge in [-0.1, -0.05) is 29.5 Å². The summed E-state index contributed by atoms with van der Waals surface area (Å²) in [4.78, 5) is 22.8. The summed E-state index contributed by atoms with van der Waals surface area (Å²) < 4.78 is 2.15. The minimum atomic E-state index is -0.209. The van der Waals surface area contributed by atoms with Gasteiger partial charge in [-0.2, -0.15) is 0 Å². The molecular weight excluding hydrogens is 444 g/mol. The Bertz CT molecular complexity index is 1500. The van der Waals surface area contributed by atoms with Crippen LogP contribution in [0.1, 0.15) is 34.7 Å². The topological polar surface area (TPSA) is 97.3 Å². The molecule has 0 saturated heterocycles. The van der Waals surface area contributed by atoms with Crippen molar-refractivity contribution < 1.29 is 4.79 Å². The van der Waals surface area contributed by atoms with Crippen LogP contribution in [0.4, 0.5) is 22.2 Å². The van der Waals surface area contributed by atoms with Gasteiger partial charge < -0.3 is 16.4 Å². The first-order valence-corrected chi connectivity index (χ1v) is 11.9. The summed E-state index contributed by atoms with van der Waals surface area (Å²) >= 11 is 1.57. The van der Waals surface area contributed by atoms with E-state index in [0.717, 1.165) is 27.0 Å². The molecule has 0 aliphatic heterocycles. The van der Waals surface area contributed by atoms with E-state index in [2.05, 4.69) is 43.3 Å². The molecule has 0 spiro atoms. The number of nitrogens with zero attached hydrogens (tertiary/aromatic N) is 3. The largest absolute Gasteiger partial charge is 0.397 e. The van der Waals surface area contributed by atoms with Crippen LogP contribution in [0.5, 0.6) is 0 Å². The van der Waals surface area contributed by atoms with E-state index >= 15 is 0 Å². The van der Waals surface area contributed by atoms with Gasteiger partial charge >= 0.3 is 0 Å². The van der Waals surface area contributed by atoms with Crippen LogP contribution in [0.25, 0.3) is 16.2 Å². The lowest BCUT2D eigenvalue weighted by atomic mass is 10.2. The van der Waals surface area contributed by atoms with Crippen molar-refractivity contribution in [2.75, 3.05) is 16.4 Å². The molecule has 0 radical (unpaired) electrons. The van der Waals surface area contributed by atoms with Crippen LogP contribution >= 0.6 is 11.3 Å². The Balaban J connectivity index is 1.17. The van der Waals surface area contributed by atoms with Crippen molar-refractivity contribution in [3.05, 3.63) is 90.4 Å². The van der Waals surface area contributed by atoms with Crippen LogP contribution in [0.3, 0.4) is 0 Å². The number of para-hydroxylation sites is 2. The van der Waals surface area contributed by atoms with Gasteiger partial charge in [0.25, 0.3) is 5.91 Å². The van der Waals surface area contributed by atoms with E-state index in [9.17, 15) is 4.79 Å². The average Bonchev–Trinajstić information content (AvgIpc) is 3.45. The smallest absolute Gasteiger partial charge is 0.255 e. The van der Waals surface area contributed by atoms with Gasteiger partial charge in [0.2, 0.25) is 0 Å². The standard InChI is InChI=1S/C26H22N6OS/c27-20-5-1-2-6-21(20)31-25(33)17-9-11-18(12-10-17)30-26-29-15-23(34-26)22-14-28-24-19(16-7-8-16)4-3-13-32(22)24/h1-6,9-16H,7-8,27H2,(H,29,30)(H,31,33). The molecule has 8 heteroatoms. The molecule has 0 atom stereocenters. The highest BCUT2D eigenvalue weighted by Crippen LogP contribution is 2.42. The van der Waals surface area contributed by atoms with Crippen molar-refractivity contribution in [2.45, 2.75) is 18.8 Å². The molecule has 0 bridgehead atoms. The number of nitrogens with one attached hydrogen (secondary N) is 2. The number of amides is 1. The van der Waals surface area contributed by atoms with Crippen molar-refractivity contribution >= 4 is 45.1 Å². The predicted molar refractivity (Wildman–Crippen MR) is 137 cm³/mol. The molecule has 6 rings (SSSR count). The minimum absolute atomic E-state index is 0.209. The normalized spacial score (nSPS) is 13.2. The molecule has 5 aromatic rings. The van der Waals surface area contributed by atoms with Gasteiger partial charge in [0, 0.05) is 23.6 Å². The first-order chi connectivity index (χ1) is 16.7. The Labute approximate surface area is 200 Å². The second-order valence-corrected chi connectivity index (χ2v) is 9.38. The summed E-state index contributed by atoms with van der Waals surface area (Å²) in [5, 5.41) is 6.94. The SMILES string of the molecule is Nc1ccccc1NC(=O)c1ccc(Nc2ncc(-c3cnc4c(C5CC5)cccn34)s2)cc1. The fraction of sp³-hybridized carbons (Fsp3) is 0.115. The summed E-state index contributed by atoms with van der Waals surface area (Å²) in [5.74, 6) is 0.437. The lowest BCUT2D eigenvalue weighted by Gasteiger charge is -2.08. The zero-order valence-corrected chi connectivity index (χ0v) is 19.0. The van der Waals surface area contributed by atoms with E-state index in [1.165, 1.54) is 18.4 Å². The monoisotopic (exact) mass is 466 g/mol. The minimum Gasteiger partial charge on any atom is -0.397 e. The number of hydrogen-bond donors (Lipinski definition) is 3. The van der Waals surface area contributed by atoms with Gasteiger partial charge in [-0.3, -0.25) is 9.20 Å².